The maximum atomic E-state index is 14.6. The van der Waals surface area contributed by atoms with Crippen molar-refractivity contribution in [3.05, 3.63) is 156 Å². The molecular weight excluding hydrogens is 653 g/mol. The molecule has 1 aliphatic rings. The standard InChI is InChI=1S/C38H36N6O3S2/c1-27(36-39-41-42-40-36)43(2)37(45)35-25-33(26-44(35)49(46,47)34-23-22-28-14-12-13-15-29(28)24-34)48-38(30-16-6-3-7-17-30,31-18-8-4-9-19-31)32-20-10-5-11-21-32/h3-24,27,33,35H,25-26H2,1-2H3,(H,39,40,41,42)/t27?,33-,35+/m1/s1. The van der Waals surface area contributed by atoms with Gasteiger partial charge in [0.25, 0.3) is 0 Å². The summed E-state index contributed by atoms with van der Waals surface area (Å²) in [5.41, 5.74) is 3.21. The molecule has 0 aliphatic carbocycles. The molecule has 1 amide bonds. The highest BCUT2D eigenvalue weighted by Crippen LogP contribution is 2.52. The van der Waals surface area contributed by atoms with Crippen LogP contribution in [0.25, 0.3) is 10.8 Å². The molecule has 49 heavy (non-hydrogen) atoms. The molecule has 1 unspecified atom stereocenters. The second kappa shape index (κ2) is 13.6. The van der Waals surface area contributed by atoms with Gasteiger partial charge in [0.05, 0.1) is 15.7 Å². The van der Waals surface area contributed by atoms with Crippen molar-refractivity contribution in [1.29, 1.82) is 0 Å². The highest BCUT2D eigenvalue weighted by atomic mass is 32.2. The van der Waals surface area contributed by atoms with E-state index in [4.69, 9.17) is 0 Å². The minimum absolute atomic E-state index is 0.149. The van der Waals surface area contributed by atoms with Crippen LogP contribution in [-0.2, 0) is 19.6 Å². The van der Waals surface area contributed by atoms with Crippen LogP contribution in [0.15, 0.2) is 138 Å². The molecule has 1 fully saturated rings. The van der Waals surface area contributed by atoms with Gasteiger partial charge in [-0.1, -0.05) is 121 Å². The van der Waals surface area contributed by atoms with Gasteiger partial charge in [-0.2, -0.15) is 4.31 Å². The van der Waals surface area contributed by atoms with E-state index < -0.39 is 26.9 Å². The summed E-state index contributed by atoms with van der Waals surface area (Å²) in [6.45, 7) is 1.96. The van der Waals surface area contributed by atoms with Crippen molar-refractivity contribution in [2.24, 2.45) is 0 Å². The first-order valence-corrected chi connectivity index (χ1v) is 18.5. The van der Waals surface area contributed by atoms with Gasteiger partial charge in [0.1, 0.15) is 6.04 Å². The molecule has 5 aromatic carbocycles. The first-order chi connectivity index (χ1) is 23.8. The molecule has 1 aromatic heterocycles. The van der Waals surface area contributed by atoms with E-state index >= 15 is 0 Å². The summed E-state index contributed by atoms with van der Waals surface area (Å²) < 4.78 is 30.0. The summed E-state index contributed by atoms with van der Waals surface area (Å²) in [6, 6.07) is 42.3. The summed E-state index contributed by atoms with van der Waals surface area (Å²) >= 11 is 1.70. The van der Waals surface area contributed by atoms with E-state index in [9.17, 15) is 13.2 Å². The molecule has 6 aromatic rings. The maximum absolute atomic E-state index is 14.6. The molecule has 0 bridgehead atoms. The summed E-state index contributed by atoms with van der Waals surface area (Å²) in [7, 11) is -2.43. The molecule has 2 heterocycles. The highest BCUT2D eigenvalue weighted by Gasteiger charge is 2.49. The number of sulfonamides is 1. The fraction of sp³-hybridized carbons (Fsp3) is 0.211. The molecule has 0 spiro atoms. The van der Waals surface area contributed by atoms with Gasteiger partial charge in [-0.3, -0.25) is 4.79 Å². The topological polar surface area (TPSA) is 112 Å². The van der Waals surface area contributed by atoms with E-state index in [1.807, 2.05) is 91.9 Å². The lowest BCUT2D eigenvalue weighted by atomic mass is 9.84. The van der Waals surface area contributed by atoms with Gasteiger partial charge >= 0.3 is 0 Å². The lowest BCUT2D eigenvalue weighted by molar-refractivity contribution is -0.135. The number of thioether (sulfide) groups is 1. The smallest absolute Gasteiger partial charge is 0.243 e. The molecular formula is C38H36N6O3S2. The molecule has 1 N–H and O–H groups in total. The first-order valence-electron chi connectivity index (χ1n) is 16.1. The number of benzene rings is 5. The number of hydrogen-bond donors (Lipinski definition) is 1. The van der Waals surface area contributed by atoms with Crippen LogP contribution in [0.5, 0.6) is 0 Å². The molecule has 0 radical (unpaired) electrons. The maximum Gasteiger partial charge on any atom is 0.243 e. The molecule has 1 saturated heterocycles. The second-order valence-electron chi connectivity index (χ2n) is 12.3. The van der Waals surface area contributed by atoms with Crippen molar-refractivity contribution < 1.29 is 13.2 Å². The summed E-state index contributed by atoms with van der Waals surface area (Å²) in [5.74, 6) is 0.0982. The Balaban J connectivity index is 1.33. The van der Waals surface area contributed by atoms with Gasteiger partial charge in [-0.15, -0.1) is 16.9 Å². The van der Waals surface area contributed by atoms with Crippen LogP contribution in [0.3, 0.4) is 0 Å². The van der Waals surface area contributed by atoms with Crippen LogP contribution in [0.2, 0.25) is 0 Å². The number of likely N-dealkylation sites (N-methyl/N-ethyl adjacent to an activating group) is 1. The van der Waals surface area contributed by atoms with Crippen molar-refractivity contribution in [1.82, 2.24) is 29.8 Å². The van der Waals surface area contributed by atoms with Crippen molar-refractivity contribution in [3.63, 3.8) is 0 Å². The third-order valence-corrected chi connectivity index (χ3v) is 13.0. The van der Waals surface area contributed by atoms with Crippen molar-refractivity contribution in [2.75, 3.05) is 13.6 Å². The predicted molar refractivity (Wildman–Crippen MR) is 192 cm³/mol. The van der Waals surface area contributed by atoms with E-state index in [1.165, 1.54) is 9.21 Å². The molecule has 7 rings (SSSR count). The molecule has 3 atom stereocenters. The number of tetrazole rings is 1. The average molecular weight is 689 g/mol. The van der Waals surface area contributed by atoms with E-state index in [0.29, 0.717) is 12.2 Å². The summed E-state index contributed by atoms with van der Waals surface area (Å²) in [5, 5.41) is 15.6. The van der Waals surface area contributed by atoms with Gasteiger partial charge in [-0.25, -0.2) is 13.5 Å². The van der Waals surface area contributed by atoms with Gasteiger partial charge < -0.3 is 4.90 Å². The number of aromatic amines is 1. The first kappa shape index (κ1) is 32.7. The van der Waals surface area contributed by atoms with E-state index in [1.54, 1.807) is 30.9 Å². The van der Waals surface area contributed by atoms with Crippen LogP contribution >= 0.6 is 11.8 Å². The monoisotopic (exact) mass is 688 g/mol. The molecule has 0 saturated carbocycles. The number of hydrogen-bond acceptors (Lipinski definition) is 7. The Morgan fingerprint density at radius 1 is 0.837 bits per heavy atom. The number of H-pyrrole nitrogens is 1. The van der Waals surface area contributed by atoms with Gasteiger partial charge in [-0.05, 0) is 63.4 Å². The van der Waals surface area contributed by atoms with Crippen molar-refractivity contribution >= 4 is 38.5 Å². The van der Waals surface area contributed by atoms with Crippen LogP contribution < -0.4 is 0 Å². The third-order valence-electron chi connectivity index (χ3n) is 9.40. The quantitative estimate of drug-likeness (QED) is 0.165. The Morgan fingerprint density at radius 3 is 1.94 bits per heavy atom. The molecule has 11 heteroatoms. The van der Waals surface area contributed by atoms with Gasteiger partial charge in [0.15, 0.2) is 5.82 Å². The van der Waals surface area contributed by atoms with Crippen molar-refractivity contribution in [3.8, 4) is 0 Å². The SMILES string of the molecule is CC(c1nnn[nH]1)N(C)C(=O)[C@@H]1C[C@@H](SC(c2ccccc2)(c2ccccc2)c2ccccc2)CN1S(=O)(=O)c1ccc2ccccc2c1. The largest absolute Gasteiger partial charge is 0.334 e. The zero-order valence-corrected chi connectivity index (χ0v) is 28.8. The molecule has 248 valence electrons. The van der Waals surface area contributed by atoms with Gasteiger partial charge in [0.2, 0.25) is 15.9 Å². The number of carbonyl (C=O) groups is 1. The number of aromatic nitrogens is 4. The molecule has 9 nitrogen and oxygen atoms in total. The van der Waals surface area contributed by atoms with E-state index in [-0.39, 0.29) is 22.6 Å². The molecule has 1 aliphatic heterocycles. The lowest BCUT2D eigenvalue weighted by Gasteiger charge is -2.37. The predicted octanol–water partition coefficient (Wildman–Crippen LogP) is 6.43. The fourth-order valence-corrected chi connectivity index (χ4v) is 10.3. The normalized spacial score (nSPS) is 17.6. The van der Waals surface area contributed by atoms with Crippen LogP contribution in [0.4, 0.5) is 0 Å². The van der Waals surface area contributed by atoms with E-state index in [0.717, 1.165) is 27.5 Å². The Labute approximate surface area is 290 Å². The lowest BCUT2D eigenvalue weighted by Crippen LogP contribution is -2.47. The minimum atomic E-state index is -4.10. The van der Waals surface area contributed by atoms with Crippen LogP contribution in [-0.4, -0.2) is 69.0 Å². The van der Waals surface area contributed by atoms with Crippen LogP contribution in [0.1, 0.15) is 41.9 Å². The van der Waals surface area contributed by atoms with E-state index in [2.05, 4.69) is 57.0 Å². The summed E-state index contributed by atoms with van der Waals surface area (Å²) in [4.78, 5) is 16.1. The zero-order valence-electron chi connectivity index (χ0n) is 27.1. The number of nitrogens with zero attached hydrogens (tertiary/aromatic N) is 5. The van der Waals surface area contributed by atoms with Gasteiger partial charge in [0, 0.05) is 18.8 Å². The Kier molecular flexibility index (Phi) is 9.06. The van der Waals surface area contributed by atoms with Crippen molar-refractivity contribution in [2.45, 2.75) is 40.3 Å². The number of nitrogens with one attached hydrogen (secondary N) is 1. The highest BCUT2D eigenvalue weighted by molar-refractivity contribution is 8.01. The Morgan fingerprint density at radius 2 is 1.39 bits per heavy atom. The number of carbonyl (C=O) groups excluding carboxylic acids is 1. The number of amides is 1. The Hall–Kier alpha value is -4.84. The third kappa shape index (κ3) is 6.14. The zero-order chi connectivity index (χ0) is 34.0. The second-order valence-corrected chi connectivity index (χ2v) is 15.7. The number of rotatable bonds is 10. The Bertz CT molecular complexity index is 2050. The summed E-state index contributed by atoms with van der Waals surface area (Å²) in [6.07, 6.45) is 0.316. The minimum Gasteiger partial charge on any atom is -0.334 e. The average Bonchev–Trinajstić information content (AvgIpc) is 3.85. The van der Waals surface area contributed by atoms with Crippen LogP contribution in [0, 0.1) is 0 Å². The number of fused-ring (bicyclic) bond motifs is 1. The fourth-order valence-electron chi connectivity index (χ4n) is 6.73.